The Balaban J connectivity index is 1.70. The predicted molar refractivity (Wildman–Crippen MR) is 102 cm³/mol. The lowest BCUT2D eigenvalue weighted by atomic mass is 10.0. The molecule has 1 N–H and O–H groups in total. The number of hydrogen-bond acceptors (Lipinski definition) is 2. The molecule has 4 heteroatoms. The van der Waals surface area contributed by atoms with Crippen molar-refractivity contribution < 1.29 is 4.39 Å². The van der Waals surface area contributed by atoms with Crippen molar-refractivity contribution in [3.63, 3.8) is 0 Å². The van der Waals surface area contributed by atoms with Gasteiger partial charge in [0.2, 0.25) is 0 Å². The molecule has 3 nitrogen and oxygen atoms in total. The normalized spacial score (nSPS) is 15.9. The fraction of sp³-hybridized carbons (Fsp3) is 0.333. The summed E-state index contributed by atoms with van der Waals surface area (Å²) in [6, 6.07) is 14.4. The highest BCUT2D eigenvalue weighted by Crippen LogP contribution is 2.28. The van der Waals surface area contributed by atoms with E-state index in [9.17, 15) is 4.39 Å². The molecule has 0 atom stereocenters. The van der Waals surface area contributed by atoms with E-state index < -0.39 is 0 Å². The molecule has 2 heterocycles. The van der Waals surface area contributed by atoms with Gasteiger partial charge in [-0.05, 0) is 62.7 Å². The first-order valence-electron chi connectivity index (χ1n) is 8.96. The molecule has 0 unspecified atom stereocenters. The van der Waals surface area contributed by atoms with Gasteiger partial charge >= 0.3 is 0 Å². The van der Waals surface area contributed by atoms with Crippen LogP contribution in [0.15, 0.2) is 48.7 Å². The first-order valence-corrected chi connectivity index (χ1v) is 8.96. The second-order valence-electron chi connectivity index (χ2n) is 6.88. The lowest BCUT2D eigenvalue weighted by molar-refractivity contribution is 0.442. The summed E-state index contributed by atoms with van der Waals surface area (Å²) in [5, 5.41) is 4.06. The Bertz CT molecular complexity index is 891. The van der Waals surface area contributed by atoms with Crippen molar-refractivity contribution in [3.05, 3.63) is 60.0 Å². The van der Waals surface area contributed by atoms with Crippen LogP contribution in [0.2, 0.25) is 0 Å². The third-order valence-corrected chi connectivity index (χ3v) is 5.37. The van der Waals surface area contributed by atoms with E-state index in [0.29, 0.717) is 11.4 Å². The largest absolute Gasteiger partial charge is 0.371 e. The van der Waals surface area contributed by atoms with E-state index >= 15 is 0 Å². The number of nitrogens with zero attached hydrogens (tertiary/aromatic N) is 2. The Morgan fingerprint density at radius 2 is 1.80 bits per heavy atom. The van der Waals surface area contributed by atoms with Gasteiger partial charge in [0.15, 0.2) is 0 Å². The van der Waals surface area contributed by atoms with Gasteiger partial charge in [-0.1, -0.05) is 12.1 Å². The molecule has 0 bridgehead atoms. The number of benzene rings is 2. The molecular weight excluding hydrogens is 313 g/mol. The highest BCUT2D eigenvalue weighted by atomic mass is 19.1. The van der Waals surface area contributed by atoms with Crippen LogP contribution in [0, 0.1) is 12.7 Å². The molecule has 0 spiro atoms. The van der Waals surface area contributed by atoms with Gasteiger partial charge in [-0.15, -0.1) is 0 Å². The highest BCUT2D eigenvalue weighted by molar-refractivity contribution is 5.85. The molecule has 1 aliphatic rings. The Labute approximate surface area is 148 Å². The van der Waals surface area contributed by atoms with Crippen LogP contribution in [-0.4, -0.2) is 30.7 Å². The average Bonchev–Trinajstić information content (AvgIpc) is 3.11. The van der Waals surface area contributed by atoms with Crippen molar-refractivity contribution in [2.24, 2.45) is 0 Å². The number of halogens is 1. The van der Waals surface area contributed by atoms with Gasteiger partial charge in [0.25, 0.3) is 0 Å². The van der Waals surface area contributed by atoms with Crippen LogP contribution in [0.3, 0.4) is 0 Å². The van der Waals surface area contributed by atoms with Crippen molar-refractivity contribution in [1.29, 1.82) is 0 Å². The Morgan fingerprint density at radius 3 is 2.56 bits per heavy atom. The van der Waals surface area contributed by atoms with Gasteiger partial charge in [0, 0.05) is 42.1 Å². The first-order chi connectivity index (χ1) is 12.2. The molecule has 0 saturated carbocycles. The van der Waals surface area contributed by atoms with Crippen molar-refractivity contribution in [2.45, 2.75) is 25.8 Å². The molecule has 0 aliphatic carbocycles. The van der Waals surface area contributed by atoms with E-state index in [0.717, 1.165) is 42.7 Å². The molecule has 2 aromatic carbocycles. The third-order valence-electron chi connectivity index (χ3n) is 5.37. The standard InChI is InChI=1S/C21H24FN3/c1-15-6-7-20(22)19-10-13-25(21(15)19)18-5-3-4-17(14-18)24-11-8-16(23-2)9-12-24/h3-7,10,13-14,16,23H,8-9,11-12H2,1-2H3. The minimum atomic E-state index is -0.162. The summed E-state index contributed by atoms with van der Waals surface area (Å²) in [4.78, 5) is 2.44. The number of aryl methyl sites for hydroxylation is 1. The number of hydrogen-bond donors (Lipinski definition) is 1. The topological polar surface area (TPSA) is 20.2 Å². The molecule has 4 rings (SSSR count). The zero-order chi connectivity index (χ0) is 17.4. The fourth-order valence-electron chi connectivity index (χ4n) is 3.88. The lowest BCUT2D eigenvalue weighted by Crippen LogP contribution is -2.41. The fourth-order valence-corrected chi connectivity index (χ4v) is 3.88. The minimum absolute atomic E-state index is 0.162. The van der Waals surface area contributed by atoms with Crippen LogP contribution in [0.1, 0.15) is 18.4 Å². The van der Waals surface area contributed by atoms with E-state index in [1.54, 1.807) is 6.07 Å². The summed E-state index contributed by atoms with van der Waals surface area (Å²) in [5.41, 5.74) is 4.35. The van der Waals surface area contributed by atoms with Gasteiger partial charge < -0.3 is 14.8 Å². The molecule has 0 radical (unpaired) electrons. The zero-order valence-electron chi connectivity index (χ0n) is 14.8. The first kappa shape index (κ1) is 16.2. The molecular formula is C21H24FN3. The van der Waals surface area contributed by atoms with Crippen molar-refractivity contribution in [3.8, 4) is 5.69 Å². The maximum Gasteiger partial charge on any atom is 0.132 e. The summed E-state index contributed by atoms with van der Waals surface area (Å²) < 4.78 is 16.2. The number of fused-ring (bicyclic) bond motifs is 1. The quantitative estimate of drug-likeness (QED) is 0.770. The summed E-state index contributed by atoms with van der Waals surface area (Å²) in [5.74, 6) is -0.162. The van der Waals surface area contributed by atoms with Crippen LogP contribution in [-0.2, 0) is 0 Å². The van der Waals surface area contributed by atoms with Crippen LogP contribution in [0.25, 0.3) is 16.6 Å². The van der Waals surface area contributed by atoms with Gasteiger partial charge in [-0.25, -0.2) is 4.39 Å². The number of aromatic nitrogens is 1. The van der Waals surface area contributed by atoms with Crippen molar-refractivity contribution >= 4 is 16.6 Å². The molecule has 0 amide bonds. The van der Waals surface area contributed by atoms with E-state index in [4.69, 9.17) is 0 Å². The van der Waals surface area contributed by atoms with E-state index in [2.05, 4.69) is 39.0 Å². The Kier molecular flexibility index (Phi) is 4.22. The van der Waals surface area contributed by atoms with Gasteiger partial charge in [-0.3, -0.25) is 0 Å². The average molecular weight is 337 g/mol. The van der Waals surface area contributed by atoms with Crippen LogP contribution in [0.4, 0.5) is 10.1 Å². The SMILES string of the molecule is CNC1CCN(c2cccc(-n3ccc4c(F)ccc(C)c43)c2)CC1. The molecule has 1 aromatic heterocycles. The van der Waals surface area contributed by atoms with E-state index in [-0.39, 0.29) is 5.82 Å². The van der Waals surface area contributed by atoms with Gasteiger partial charge in [0.05, 0.1) is 5.52 Å². The smallest absolute Gasteiger partial charge is 0.132 e. The molecule has 130 valence electrons. The van der Waals surface area contributed by atoms with E-state index in [1.807, 2.05) is 32.3 Å². The Hall–Kier alpha value is -2.33. The van der Waals surface area contributed by atoms with Crippen LogP contribution >= 0.6 is 0 Å². The maximum atomic E-state index is 14.1. The summed E-state index contributed by atoms with van der Waals surface area (Å²) in [6.07, 6.45) is 4.29. The van der Waals surface area contributed by atoms with Crippen LogP contribution in [0.5, 0.6) is 0 Å². The highest BCUT2D eigenvalue weighted by Gasteiger charge is 2.18. The maximum absolute atomic E-state index is 14.1. The number of anilines is 1. The van der Waals surface area contributed by atoms with Crippen LogP contribution < -0.4 is 10.2 Å². The molecule has 1 aliphatic heterocycles. The molecule has 1 fully saturated rings. The predicted octanol–water partition coefficient (Wildman–Crippen LogP) is 4.27. The number of rotatable bonds is 3. The summed E-state index contributed by atoms with van der Waals surface area (Å²) in [7, 11) is 2.04. The summed E-state index contributed by atoms with van der Waals surface area (Å²) >= 11 is 0. The van der Waals surface area contributed by atoms with Gasteiger partial charge in [-0.2, -0.15) is 0 Å². The lowest BCUT2D eigenvalue weighted by Gasteiger charge is -2.33. The van der Waals surface area contributed by atoms with Crippen molar-refractivity contribution in [1.82, 2.24) is 9.88 Å². The van der Waals surface area contributed by atoms with E-state index in [1.165, 1.54) is 5.69 Å². The zero-order valence-corrected chi connectivity index (χ0v) is 14.8. The minimum Gasteiger partial charge on any atom is -0.371 e. The second kappa shape index (κ2) is 6.52. The number of piperidine rings is 1. The molecule has 3 aromatic rings. The monoisotopic (exact) mass is 337 g/mol. The second-order valence-corrected chi connectivity index (χ2v) is 6.88. The third kappa shape index (κ3) is 2.91. The van der Waals surface area contributed by atoms with Crippen molar-refractivity contribution in [2.75, 3.05) is 25.0 Å². The molecule has 25 heavy (non-hydrogen) atoms. The number of nitrogens with one attached hydrogen (secondary N) is 1. The van der Waals surface area contributed by atoms with Gasteiger partial charge in [0.1, 0.15) is 5.82 Å². The Morgan fingerprint density at radius 1 is 1.04 bits per heavy atom. The molecule has 1 saturated heterocycles. The summed E-state index contributed by atoms with van der Waals surface area (Å²) in [6.45, 7) is 4.16.